The van der Waals surface area contributed by atoms with Crippen molar-refractivity contribution in [1.29, 1.82) is 0 Å². The maximum Gasteiger partial charge on any atom is 0.133 e. The molecule has 1 aliphatic carbocycles. The Bertz CT molecular complexity index is 548. The van der Waals surface area contributed by atoms with E-state index in [-0.39, 0.29) is 17.6 Å². The van der Waals surface area contributed by atoms with Crippen molar-refractivity contribution in [3.63, 3.8) is 0 Å². The number of phenols is 1. The summed E-state index contributed by atoms with van der Waals surface area (Å²) in [5.41, 5.74) is 2.22. The molecule has 2 aromatic carbocycles. The lowest BCUT2D eigenvalue weighted by molar-refractivity contribution is 0.475. The molecule has 3 heteroatoms. The minimum atomic E-state index is -0.752. The highest BCUT2D eigenvalue weighted by Gasteiger charge is 2.64. The predicted molar refractivity (Wildman–Crippen MR) is 74.5 cm³/mol. The highest BCUT2D eigenvalue weighted by molar-refractivity contribution is 6.52. The Labute approximate surface area is 116 Å². The van der Waals surface area contributed by atoms with Gasteiger partial charge in [0, 0.05) is 11.8 Å². The molecule has 2 aromatic rings. The molecule has 1 nitrogen and oxygen atoms in total. The SMILES string of the molecule is Oc1ccc([C@@H]2[C@H](c3ccccc3)C2(Cl)Cl)cc1. The van der Waals surface area contributed by atoms with Gasteiger partial charge in [0.25, 0.3) is 0 Å². The Kier molecular flexibility index (Phi) is 2.76. The van der Waals surface area contributed by atoms with Gasteiger partial charge in [-0.1, -0.05) is 42.5 Å². The molecular weight excluding hydrogens is 267 g/mol. The monoisotopic (exact) mass is 278 g/mol. The molecule has 0 bridgehead atoms. The molecule has 0 aromatic heterocycles. The van der Waals surface area contributed by atoms with Crippen LogP contribution < -0.4 is 0 Å². The molecule has 0 aliphatic heterocycles. The lowest BCUT2D eigenvalue weighted by atomic mass is 10.0. The van der Waals surface area contributed by atoms with Gasteiger partial charge in [0.05, 0.1) is 0 Å². The van der Waals surface area contributed by atoms with Crippen LogP contribution in [0.25, 0.3) is 0 Å². The first-order valence-corrected chi connectivity index (χ1v) is 6.58. The van der Waals surface area contributed by atoms with E-state index in [1.807, 2.05) is 42.5 Å². The van der Waals surface area contributed by atoms with Crippen LogP contribution in [-0.4, -0.2) is 9.44 Å². The number of phenolic OH excluding ortho intramolecular Hbond substituents is 1. The number of hydrogen-bond donors (Lipinski definition) is 1. The summed E-state index contributed by atoms with van der Waals surface area (Å²) in [5, 5.41) is 9.31. The number of rotatable bonds is 2. The van der Waals surface area contributed by atoms with Crippen LogP contribution in [0.3, 0.4) is 0 Å². The van der Waals surface area contributed by atoms with Crippen LogP contribution in [0.1, 0.15) is 23.0 Å². The zero-order valence-electron chi connectivity index (χ0n) is 9.55. The summed E-state index contributed by atoms with van der Waals surface area (Å²) in [6.45, 7) is 0. The molecule has 0 radical (unpaired) electrons. The van der Waals surface area contributed by atoms with E-state index in [4.69, 9.17) is 23.2 Å². The van der Waals surface area contributed by atoms with Crippen molar-refractivity contribution in [1.82, 2.24) is 0 Å². The summed E-state index contributed by atoms with van der Waals surface area (Å²) in [7, 11) is 0. The Morgan fingerprint density at radius 1 is 0.778 bits per heavy atom. The van der Waals surface area contributed by atoms with Crippen molar-refractivity contribution in [2.45, 2.75) is 16.2 Å². The van der Waals surface area contributed by atoms with E-state index < -0.39 is 4.33 Å². The van der Waals surface area contributed by atoms with E-state index in [1.54, 1.807) is 12.1 Å². The molecule has 1 saturated carbocycles. The zero-order valence-corrected chi connectivity index (χ0v) is 11.1. The smallest absolute Gasteiger partial charge is 0.133 e. The minimum absolute atomic E-state index is 0.0869. The van der Waals surface area contributed by atoms with Gasteiger partial charge in [-0.15, -0.1) is 23.2 Å². The number of aromatic hydroxyl groups is 1. The Morgan fingerprint density at radius 3 is 1.83 bits per heavy atom. The summed E-state index contributed by atoms with van der Waals surface area (Å²) in [6.07, 6.45) is 0. The molecule has 0 spiro atoms. The fraction of sp³-hybridized carbons (Fsp3) is 0.200. The molecule has 18 heavy (non-hydrogen) atoms. The van der Waals surface area contributed by atoms with E-state index in [9.17, 15) is 5.11 Å². The Morgan fingerprint density at radius 2 is 1.28 bits per heavy atom. The maximum absolute atomic E-state index is 9.31. The first-order valence-electron chi connectivity index (χ1n) is 5.82. The second kappa shape index (κ2) is 4.18. The Balaban J connectivity index is 1.93. The van der Waals surface area contributed by atoms with Gasteiger partial charge in [-0.3, -0.25) is 0 Å². The Hall–Kier alpha value is -1.18. The molecule has 92 valence electrons. The predicted octanol–water partition coefficient (Wildman–Crippen LogP) is 4.45. The third-order valence-corrected chi connectivity index (χ3v) is 4.40. The van der Waals surface area contributed by atoms with Crippen molar-refractivity contribution in [3.05, 3.63) is 65.7 Å². The largest absolute Gasteiger partial charge is 0.508 e. The van der Waals surface area contributed by atoms with Crippen LogP contribution in [0.15, 0.2) is 54.6 Å². The normalized spacial score (nSPS) is 24.8. The van der Waals surface area contributed by atoms with Crippen LogP contribution >= 0.6 is 23.2 Å². The molecule has 3 rings (SSSR count). The average Bonchev–Trinajstić information content (AvgIpc) is 2.94. The highest BCUT2D eigenvalue weighted by atomic mass is 35.5. The van der Waals surface area contributed by atoms with Crippen LogP contribution in [0.2, 0.25) is 0 Å². The maximum atomic E-state index is 9.31. The first-order chi connectivity index (χ1) is 8.60. The van der Waals surface area contributed by atoms with E-state index in [0.29, 0.717) is 0 Å². The van der Waals surface area contributed by atoms with Crippen LogP contribution in [-0.2, 0) is 0 Å². The van der Waals surface area contributed by atoms with Crippen molar-refractivity contribution in [2.75, 3.05) is 0 Å². The fourth-order valence-corrected chi connectivity index (χ4v) is 3.38. The van der Waals surface area contributed by atoms with Gasteiger partial charge < -0.3 is 5.11 Å². The van der Waals surface area contributed by atoms with Crippen LogP contribution in [0, 0.1) is 0 Å². The zero-order chi connectivity index (χ0) is 12.8. The molecule has 2 atom stereocenters. The van der Waals surface area contributed by atoms with Crippen LogP contribution in [0.5, 0.6) is 5.75 Å². The van der Waals surface area contributed by atoms with Crippen LogP contribution in [0.4, 0.5) is 0 Å². The summed E-state index contributed by atoms with van der Waals surface area (Å²) < 4.78 is -0.752. The minimum Gasteiger partial charge on any atom is -0.508 e. The summed E-state index contributed by atoms with van der Waals surface area (Å²) in [6, 6.07) is 17.1. The van der Waals surface area contributed by atoms with Crippen molar-refractivity contribution in [3.8, 4) is 5.75 Å². The average molecular weight is 279 g/mol. The quantitative estimate of drug-likeness (QED) is 0.805. The van der Waals surface area contributed by atoms with Gasteiger partial charge in [-0.25, -0.2) is 0 Å². The standard InChI is InChI=1S/C15H12Cl2O/c16-15(17)13(10-4-2-1-3-5-10)14(15)11-6-8-12(18)9-7-11/h1-9,13-14,18H/t13-,14+/m0/s1. The first kappa shape index (κ1) is 11.9. The lowest BCUT2D eigenvalue weighted by Gasteiger charge is -2.00. The second-order valence-electron chi connectivity index (χ2n) is 4.63. The van der Waals surface area contributed by atoms with Gasteiger partial charge in [0.2, 0.25) is 0 Å². The molecular formula is C15H12Cl2O. The molecule has 0 amide bonds. The number of benzene rings is 2. The highest BCUT2D eigenvalue weighted by Crippen LogP contribution is 2.70. The topological polar surface area (TPSA) is 20.2 Å². The number of hydrogen-bond acceptors (Lipinski definition) is 1. The molecule has 1 aliphatic rings. The summed E-state index contributed by atoms with van der Waals surface area (Å²) in [5.74, 6) is 0.459. The van der Waals surface area contributed by atoms with Gasteiger partial charge in [-0.2, -0.15) is 0 Å². The van der Waals surface area contributed by atoms with Gasteiger partial charge in [-0.05, 0) is 23.3 Å². The third kappa shape index (κ3) is 1.88. The van der Waals surface area contributed by atoms with Crippen molar-refractivity contribution in [2.24, 2.45) is 0 Å². The van der Waals surface area contributed by atoms with E-state index >= 15 is 0 Å². The van der Waals surface area contributed by atoms with Crippen molar-refractivity contribution >= 4 is 23.2 Å². The van der Waals surface area contributed by atoms with E-state index in [1.165, 1.54) is 0 Å². The van der Waals surface area contributed by atoms with Crippen molar-refractivity contribution < 1.29 is 5.11 Å². The third-order valence-electron chi connectivity index (χ3n) is 3.46. The summed E-state index contributed by atoms with van der Waals surface area (Å²) in [4.78, 5) is 0. The molecule has 1 N–H and O–H groups in total. The molecule has 0 saturated heterocycles. The number of alkyl halides is 2. The van der Waals surface area contributed by atoms with Gasteiger partial charge in [0.1, 0.15) is 10.1 Å². The lowest BCUT2D eigenvalue weighted by Crippen LogP contribution is -1.90. The van der Waals surface area contributed by atoms with Gasteiger partial charge >= 0.3 is 0 Å². The molecule has 0 heterocycles. The van der Waals surface area contributed by atoms with Gasteiger partial charge in [0.15, 0.2) is 0 Å². The molecule has 1 fully saturated rings. The number of halogens is 2. The molecule has 0 unspecified atom stereocenters. The van der Waals surface area contributed by atoms with E-state index in [2.05, 4.69) is 0 Å². The second-order valence-corrected chi connectivity index (χ2v) is 6.08. The van der Waals surface area contributed by atoms with E-state index in [0.717, 1.165) is 11.1 Å². The fourth-order valence-electron chi connectivity index (χ4n) is 2.50. The summed E-state index contributed by atoms with van der Waals surface area (Å²) >= 11 is 12.8.